The number of nitrogens with zero attached hydrogens (tertiary/aromatic N) is 2. The van der Waals surface area contributed by atoms with E-state index >= 15 is 0 Å². The fourth-order valence-electron chi connectivity index (χ4n) is 5.46. The van der Waals surface area contributed by atoms with E-state index in [4.69, 9.17) is 0 Å². The van der Waals surface area contributed by atoms with Crippen LogP contribution in [0, 0.1) is 6.92 Å². The van der Waals surface area contributed by atoms with Gasteiger partial charge in [-0.1, -0.05) is 60.7 Å². The molecule has 0 radical (unpaired) electrons. The number of aryl methyl sites for hydroxylation is 1. The number of carbonyl (C=O) groups excluding carboxylic acids is 2. The summed E-state index contributed by atoms with van der Waals surface area (Å²) in [6.45, 7) is 4.28. The zero-order valence-corrected chi connectivity index (χ0v) is 23.2. The van der Waals surface area contributed by atoms with Crippen LogP contribution in [0.1, 0.15) is 46.4 Å². The number of carbonyl (C=O) groups is 2. The molecule has 0 spiro atoms. The minimum atomic E-state index is 0.0342. The van der Waals surface area contributed by atoms with Gasteiger partial charge in [-0.15, -0.1) is 0 Å². The van der Waals surface area contributed by atoms with Gasteiger partial charge in [-0.05, 0) is 74.1 Å². The highest BCUT2D eigenvalue weighted by Gasteiger charge is 2.29. The molecule has 4 aromatic rings. The van der Waals surface area contributed by atoms with Crippen LogP contribution in [0.15, 0.2) is 97.2 Å². The predicted molar refractivity (Wildman–Crippen MR) is 161 cm³/mol. The molecular formula is C34H38N4O2. The van der Waals surface area contributed by atoms with Crippen molar-refractivity contribution >= 4 is 17.5 Å². The molecule has 3 aromatic carbocycles. The largest absolute Gasteiger partial charge is 0.333 e. The lowest BCUT2D eigenvalue weighted by atomic mass is 10.0. The summed E-state index contributed by atoms with van der Waals surface area (Å²) in [7, 11) is 0. The number of rotatable bonds is 10. The van der Waals surface area contributed by atoms with Gasteiger partial charge in [0.25, 0.3) is 5.91 Å². The van der Waals surface area contributed by atoms with Crippen molar-refractivity contribution in [3.8, 4) is 5.69 Å². The molecule has 1 atom stereocenters. The molecule has 2 heterocycles. The van der Waals surface area contributed by atoms with Gasteiger partial charge in [0.1, 0.15) is 0 Å². The topological polar surface area (TPSA) is 66.4 Å². The van der Waals surface area contributed by atoms with Crippen LogP contribution in [0.3, 0.4) is 0 Å². The molecule has 1 aliphatic heterocycles. The zero-order valence-electron chi connectivity index (χ0n) is 23.2. The Morgan fingerprint density at radius 2 is 1.57 bits per heavy atom. The highest BCUT2D eigenvalue weighted by atomic mass is 16.2. The molecule has 6 nitrogen and oxygen atoms in total. The number of benzene rings is 3. The number of aromatic nitrogens is 1. The lowest BCUT2D eigenvalue weighted by molar-refractivity contribution is -0.116. The summed E-state index contributed by atoms with van der Waals surface area (Å²) in [5.41, 5.74) is 5.93. The van der Waals surface area contributed by atoms with Gasteiger partial charge in [0, 0.05) is 55.4 Å². The van der Waals surface area contributed by atoms with E-state index in [-0.39, 0.29) is 17.9 Å². The average molecular weight is 535 g/mol. The van der Waals surface area contributed by atoms with Crippen LogP contribution in [0.4, 0.5) is 5.69 Å². The third kappa shape index (κ3) is 6.88. The number of unbranched alkanes of at least 4 members (excludes halogenated alkanes) is 1. The Bertz CT molecular complexity index is 1400. The Kier molecular flexibility index (Phi) is 9.09. The maximum Gasteiger partial charge on any atom is 0.256 e. The van der Waals surface area contributed by atoms with E-state index in [0.717, 1.165) is 61.4 Å². The Labute approximate surface area is 237 Å². The molecule has 2 N–H and O–H groups in total. The summed E-state index contributed by atoms with van der Waals surface area (Å²) in [5, 5.41) is 6.46. The van der Waals surface area contributed by atoms with Gasteiger partial charge >= 0.3 is 0 Å². The molecule has 1 aliphatic rings. The highest BCUT2D eigenvalue weighted by Crippen LogP contribution is 2.22. The molecule has 1 saturated heterocycles. The Hall–Kier alpha value is -4.16. The van der Waals surface area contributed by atoms with E-state index in [0.29, 0.717) is 13.0 Å². The maximum atomic E-state index is 13.7. The minimum Gasteiger partial charge on any atom is -0.333 e. The molecule has 1 fully saturated rings. The van der Waals surface area contributed by atoms with Crippen LogP contribution in [0.5, 0.6) is 0 Å². The van der Waals surface area contributed by atoms with Crippen molar-refractivity contribution in [2.45, 2.75) is 45.1 Å². The molecule has 206 valence electrons. The van der Waals surface area contributed by atoms with Gasteiger partial charge in [0.15, 0.2) is 0 Å². The first-order valence-corrected chi connectivity index (χ1v) is 14.3. The predicted octanol–water partition coefficient (Wildman–Crippen LogP) is 5.79. The summed E-state index contributed by atoms with van der Waals surface area (Å²) in [6.07, 6.45) is 6.14. The standard InChI is InChI=1S/C34H38N4O2/c1-26-32(34(40)38-23-21-35-25-31(38)24-28-13-6-3-7-14-28)20-22-37(26)30-18-16-29(17-19-30)36-33(39)15-9-8-12-27-10-4-2-5-11-27/h2-7,10-11,13-14,16-20,22,31,35H,8-9,12,15,21,23-25H2,1H3,(H,36,39). The minimum absolute atomic E-state index is 0.0342. The number of piperazine rings is 1. The molecule has 1 aromatic heterocycles. The molecule has 0 bridgehead atoms. The second-order valence-corrected chi connectivity index (χ2v) is 10.5. The van der Waals surface area contributed by atoms with Crippen LogP contribution in [-0.4, -0.2) is 47.0 Å². The van der Waals surface area contributed by atoms with Gasteiger partial charge in [-0.25, -0.2) is 0 Å². The number of hydrogen-bond acceptors (Lipinski definition) is 3. The maximum absolute atomic E-state index is 13.7. The van der Waals surface area contributed by atoms with E-state index in [2.05, 4.69) is 47.0 Å². The second kappa shape index (κ2) is 13.3. The van der Waals surface area contributed by atoms with E-state index < -0.39 is 0 Å². The number of nitrogens with one attached hydrogen (secondary N) is 2. The fourth-order valence-corrected chi connectivity index (χ4v) is 5.46. The lowest BCUT2D eigenvalue weighted by Gasteiger charge is -2.36. The van der Waals surface area contributed by atoms with E-state index in [1.54, 1.807) is 0 Å². The molecule has 2 amide bonds. The molecular weight excluding hydrogens is 496 g/mol. The average Bonchev–Trinajstić information content (AvgIpc) is 3.38. The summed E-state index contributed by atoms with van der Waals surface area (Å²) < 4.78 is 2.04. The Morgan fingerprint density at radius 1 is 0.875 bits per heavy atom. The van der Waals surface area contributed by atoms with Gasteiger partial charge in [-0.2, -0.15) is 0 Å². The molecule has 6 heteroatoms. The van der Waals surface area contributed by atoms with Crippen molar-refractivity contribution in [1.29, 1.82) is 0 Å². The normalized spacial score (nSPS) is 15.1. The number of hydrogen-bond donors (Lipinski definition) is 2. The third-order valence-corrected chi connectivity index (χ3v) is 7.69. The second-order valence-electron chi connectivity index (χ2n) is 10.5. The lowest BCUT2D eigenvalue weighted by Crippen LogP contribution is -2.54. The van der Waals surface area contributed by atoms with Gasteiger partial charge in [-0.3, -0.25) is 9.59 Å². The molecule has 1 unspecified atom stereocenters. The zero-order chi connectivity index (χ0) is 27.7. The summed E-state index contributed by atoms with van der Waals surface area (Å²) >= 11 is 0. The fraction of sp³-hybridized carbons (Fsp3) is 0.294. The van der Waals surface area contributed by atoms with E-state index in [1.807, 2.05) is 77.2 Å². The van der Waals surface area contributed by atoms with Crippen LogP contribution in [0.2, 0.25) is 0 Å². The van der Waals surface area contributed by atoms with Crippen molar-refractivity contribution in [1.82, 2.24) is 14.8 Å². The first-order chi connectivity index (χ1) is 19.6. The van der Waals surface area contributed by atoms with Crippen molar-refractivity contribution < 1.29 is 9.59 Å². The van der Waals surface area contributed by atoms with Crippen molar-refractivity contribution in [2.75, 3.05) is 25.0 Å². The van der Waals surface area contributed by atoms with Crippen LogP contribution in [0.25, 0.3) is 5.69 Å². The van der Waals surface area contributed by atoms with Crippen molar-refractivity contribution in [2.24, 2.45) is 0 Å². The van der Waals surface area contributed by atoms with Crippen LogP contribution in [-0.2, 0) is 17.6 Å². The van der Waals surface area contributed by atoms with Crippen molar-refractivity contribution in [3.63, 3.8) is 0 Å². The smallest absolute Gasteiger partial charge is 0.256 e. The van der Waals surface area contributed by atoms with Crippen LogP contribution < -0.4 is 10.6 Å². The Balaban J connectivity index is 1.17. The van der Waals surface area contributed by atoms with Gasteiger partial charge in [0.2, 0.25) is 5.91 Å². The Morgan fingerprint density at radius 3 is 2.30 bits per heavy atom. The third-order valence-electron chi connectivity index (χ3n) is 7.69. The quantitative estimate of drug-likeness (QED) is 0.253. The van der Waals surface area contributed by atoms with Crippen LogP contribution >= 0.6 is 0 Å². The summed E-state index contributed by atoms with van der Waals surface area (Å²) in [4.78, 5) is 28.1. The SMILES string of the molecule is Cc1c(C(=O)N2CCNCC2Cc2ccccc2)ccn1-c1ccc(NC(=O)CCCCc2ccccc2)cc1. The molecule has 5 rings (SSSR count). The van der Waals surface area contributed by atoms with Gasteiger partial charge < -0.3 is 20.1 Å². The van der Waals surface area contributed by atoms with E-state index in [1.165, 1.54) is 11.1 Å². The van der Waals surface area contributed by atoms with Gasteiger partial charge in [0.05, 0.1) is 5.56 Å². The van der Waals surface area contributed by atoms with E-state index in [9.17, 15) is 9.59 Å². The molecule has 0 aliphatic carbocycles. The highest BCUT2D eigenvalue weighted by molar-refractivity contribution is 5.96. The van der Waals surface area contributed by atoms with Crippen molar-refractivity contribution in [3.05, 3.63) is 120 Å². The molecule has 0 saturated carbocycles. The number of anilines is 1. The first-order valence-electron chi connectivity index (χ1n) is 14.3. The summed E-state index contributed by atoms with van der Waals surface area (Å²) in [5.74, 6) is 0.113. The molecule has 40 heavy (non-hydrogen) atoms. The number of amides is 2. The first kappa shape index (κ1) is 27.4. The summed E-state index contributed by atoms with van der Waals surface area (Å²) in [6, 6.07) is 30.6. The monoisotopic (exact) mass is 534 g/mol.